The Hall–Kier alpha value is -2.43. The lowest BCUT2D eigenvalue weighted by molar-refractivity contribution is -0.189. The maximum atomic E-state index is 13.2. The molecule has 3 aliphatic rings. The third-order valence-electron chi connectivity index (χ3n) is 7.75. The van der Waals surface area contributed by atoms with Crippen molar-refractivity contribution in [3.8, 4) is 5.75 Å². The van der Waals surface area contributed by atoms with E-state index in [4.69, 9.17) is 4.74 Å². The number of hydrogen-bond donors (Lipinski definition) is 2. The van der Waals surface area contributed by atoms with E-state index in [1.807, 2.05) is 0 Å². The maximum absolute atomic E-state index is 13.2. The lowest BCUT2D eigenvalue weighted by atomic mass is 10.0. The summed E-state index contributed by atoms with van der Waals surface area (Å²) in [5, 5.41) is 2.99. The summed E-state index contributed by atoms with van der Waals surface area (Å²) in [5.41, 5.74) is -1.36. The van der Waals surface area contributed by atoms with Crippen molar-refractivity contribution in [2.75, 3.05) is 31.6 Å². The van der Waals surface area contributed by atoms with Gasteiger partial charge in [0.1, 0.15) is 11.2 Å². The van der Waals surface area contributed by atoms with E-state index in [-0.39, 0.29) is 18.5 Å². The molecule has 2 saturated carbocycles. The van der Waals surface area contributed by atoms with Crippen LogP contribution >= 0.6 is 0 Å². The SMILES string of the molecule is O=C(Nc1c[nH]c2ccc(OCC[C@@H]3C[C@@H]4CN(CC(F)(F)F)C[C@@H]4C3)cc12)C1(C(F)(F)F)CC1. The zero-order valence-corrected chi connectivity index (χ0v) is 18.9. The summed E-state index contributed by atoms with van der Waals surface area (Å²) in [5.74, 6) is 0.505. The molecule has 0 spiro atoms. The molecule has 2 N–H and O–H groups in total. The molecule has 5 nitrogen and oxygen atoms in total. The fourth-order valence-corrected chi connectivity index (χ4v) is 5.78. The highest BCUT2D eigenvalue weighted by atomic mass is 19.4. The predicted octanol–water partition coefficient (Wildman–Crippen LogP) is 5.74. The van der Waals surface area contributed by atoms with Gasteiger partial charge in [0.2, 0.25) is 5.91 Å². The number of aromatic nitrogens is 1. The molecule has 3 fully saturated rings. The topological polar surface area (TPSA) is 57.4 Å². The van der Waals surface area contributed by atoms with Crippen molar-refractivity contribution in [1.29, 1.82) is 0 Å². The van der Waals surface area contributed by atoms with Crippen molar-refractivity contribution in [3.63, 3.8) is 0 Å². The molecule has 192 valence electrons. The van der Waals surface area contributed by atoms with Crippen LogP contribution in [-0.4, -0.2) is 54.4 Å². The Morgan fingerprint density at radius 3 is 2.40 bits per heavy atom. The standard InChI is InChI=1S/C24H27F6N3O2/c25-23(26,27)13-33-11-15-7-14(8-16(15)12-33)3-6-35-17-1-2-19-18(9-17)20(10-31-19)32-21(34)22(4-5-22)24(28,29)30/h1-2,9-10,14-16,31H,3-8,11-13H2,(H,32,34)/t14-,15-,16+. The van der Waals surface area contributed by atoms with Crippen molar-refractivity contribution in [2.45, 2.75) is 44.5 Å². The van der Waals surface area contributed by atoms with Gasteiger partial charge in [-0.05, 0) is 68.1 Å². The Kier molecular flexibility index (Phi) is 5.96. The Morgan fingerprint density at radius 2 is 1.80 bits per heavy atom. The van der Waals surface area contributed by atoms with E-state index in [1.54, 1.807) is 18.2 Å². The van der Waals surface area contributed by atoms with Gasteiger partial charge in [0.05, 0.1) is 18.8 Å². The number of benzene rings is 1. The Bertz CT molecular complexity index is 1080. The summed E-state index contributed by atoms with van der Waals surface area (Å²) < 4.78 is 83.5. The average molecular weight is 503 g/mol. The molecular formula is C24H27F6N3O2. The Labute approximate surface area is 198 Å². The zero-order chi connectivity index (χ0) is 25.0. The quantitative estimate of drug-likeness (QED) is 0.474. The molecule has 0 bridgehead atoms. The predicted molar refractivity (Wildman–Crippen MR) is 117 cm³/mol. The highest BCUT2D eigenvalue weighted by molar-refractivity contribution is 6.05. The summed E-state index contributed by atoms with van der Waals surface area (Å²) >= 11 is 0. The number of aromatic amines is 1. The number of likely N-dealkylation sites (tertiary alicyclic amines) is 1. The van der Waals surface area contributed by atoms with Gasteiger partial charge in [-0.1, -0.05) is 0 Å². The van der Waals surface area contributed by atoms with Crippen LogP contribution in [-0.2, 0) is 4.79 Å². The number of H-pyrrole nitrogens is 1. The van der Waals surface area contributed by atoms with E-state index in [1.165, 1.54) is 11.1 Å². The number of fused-ring (bicyclic) bond motifs is 2. The van der Waals surface area contributed by atoms with Crippen LogP contribution in [0.1, 0.15) is 32.1 Å². The highest BCUT2D eigenvalue weighted by Crippen LogP contribution is 2.58. The largest absolute Gasteiger partial charge is 0.494 e. The zero-order valence-electron chi connectivity index (χ0n) is 18.9. The van der Waals surface area contributed by atoms with Crippen LogP contribution in [0.3, 0.4) is 0 Å². The van der Waals surface area contributed by atoms with E-state index in [0.29, 0.717) is 54.1 Å². The number of amides is 1. The van der Waals surface area contributed by atoms with Crippen molar-refractivity contribution in [1.82, 2.24) is 9.88 Å². The summed E-state index contributed by atoms with van der Waals surface area (Å²) in [7, 11) is 0. The number of carbonyl (C=O) groups is 1. The van der Waals surface area contributed by atoms with Crippen molar-refractivity contribution < 1.29 is 35.9 Å². The van der Waals surface area contributed by atoms with Crippen LogP contribution < -0.4 is 10.1 Å². The molecule has 3 atom stereocenters. The second kappa shape index (κ2) is 8.60. The first-order valence-corrected chi connectivity index (χ1v) is 11.8. The molecule has 1 aromatic carbocycles. The summed E-state index contributed by atoms with van der Waals surface area (Å²) in [6.07, 6.45) is -5.09. The molecule has 1 aliphatic heterocycles. The van der Waals surface area contributed by atoms with Crippen LogP contribution in [0.25, 0.3) is 10.9 Å². The second-order valence-electron chi connectivity index (χ2n) is 10.2. The van der Waals surface area contributed by atoms with Gasteiger partial charge in [-0.15, -0.1) is 0 Å². The molecule has 35 heavy (non-hydrogen) atoms. The van der Waals surface area contributed by atoms with Crippen LogP contribution in [0.15, 0.2) is 24.4 Å². The van der Waals surface area contributed by atoms with Gasteiger partial charge in [0, 0.05) is 30.2 Å². The normalized spacial score (nSPS) is 26.2. The first-order chi connectivity index (χ1) is 16.4. The third-order valence-corrected chi connectivity index (χ3v) is 7.75. The van der Waals surface area contributed by atoms with E-state index in [2.05, 4.69) is 10.3 Å². The molecule has 5 rings (SSSR count). The smallest absolute Gasteiger partial charge is 0.403 e. The van der Waals surface area contributed by atoms with E-state index >= 15 is 0 Å². The third kappa shape index (κ3) is 4.96. The van der Waals surface area contributed by atoms with Gasteiger partial charge in [-0.25, -0.2) is 0 Å². The Balaban J connectivity index is 1.14. The van der Waals surface area contributed by atoms with Crippen LogP contribution in [0.4, 0.5) is 32.0 Å². The van der Waals surface area contributed by atoms with Gasteiger partial charge in [-0.2, -0.15) is 26.3 Å². The molecule has 2 heterocycles. The van der Waals surface area contributed by atoms with Crippen LogP contribution in [0, 0.1) is 23.2 Å². The first-order valence-electron chi connectivity index (χ1n) is 11.8. The molecule has 1 aromatic heterocycles. The number of rotatable bonds is 7. The molecule has 2 aromatic rings. The summed E-state index contributed by atoms with van der Waals surface area (Å²) in [6.45, 7) is 0.589. The molecule has 1 saturated heterocycles. The monoisotopic (exact) mass is 503 g/mol. The number of alkyl halides is 6. The minimum absolute atomic E-state index is 0.206. The lowest BCUT2D eigenvalue weighted by Gasteiger charge is -2.20. The summed E-state index contributed by atoms with van der Waals surface area (Å²) in [6, 6.07) is 5.18. The van der Waals surface area contributed by atoms with Crippen molar-refractivity contribution >= 4 is 22.5 Å². The minimum atomic E-state index is -4.58. The van der Waals surface area contributed by atoms with Gasteiger partial charge in [0.25, 0.3) is 0 Å². The van der Waals surface area contributed by atoms with E-state index < -0.39 is 30.2 Å². The minimum Gasteiger partial charge on any atom is -0.494 e. The maximum Gasteiger partial charge on any atom is 0.403 e. The van der Waals surface area contributed by atoms with Crippen LogP contribution in [0.5, 0.6) is 5.75 Å². The number of anilines is 1. The number of carbonyl (C=O) groups excluding carboxylic acids is 1. The van der Waals surface area contributed by atoms with Gasteiger partial charge in [0.15, 0.2) is 0 Å². The number of hydrogen-bond acceptors (Lipinski definition) is 3. The van der Waals surface area contributed by atoms with E-state index in [0.717, 1.165) is 19.3 Å². The second-order valence-corrected chi connectivity index (χ2v) is 10.2. The van der Waals surface area contributed by atoms with Gasteiger partial charge < -0.3 is 15.0 Å². The summed E-state index contributed by atoms with van der Waals surface area (Å²) in [4.78, 5) is 16.8. The average Bonchev–Trinajstić information content (AvgIpc) is 3.23. The fraction of sp³-hybridized carbons (Fsp3) is 0.625. The molecule has 0 unspecified atom stereocenters. The molecule has 2 aliphatic carbocycles. The molecule has 0 radical (unpaired) electrons. The molecule has 11 heteroatoms. The fourth-order valence-electron chi connectivity index (χ4n) is 5.78. The molecule has 1 amide bonds. The Morgan fingerprint density at radius 1 is 1.11 bits per heavy atom. The lowest BCUT2D eigenvalue weighted by Crippen LogP contribution is -2.36. The number of ether oxygens (including phenoxy) is 1. The number of nitrogens with zero attached hydrogens (tertiary/aromatic N) is 1. The van der Waals surface area contributed by atoms with Gasteiger partial charge >= 0.3 is 12.4 Å². The number of nitrogens with one attached hydrogen (secondary N) is 2. The first kappa shape index (κ1) is 24.3. The van der Waals surface area contributed by atoms with Crippen molar-refractivity contribution in [3.05, 3.63) is 24.4 Å². The van der Waals surface area contributed by atoms with E-state index in [9.17, 15) is 31.1 Å². The number of halogens is 6. The molecular weight excluding hydrogens is 476 g/mol. The van der Waals surface area contributed by atoms with Crippen LogP contribution in [0.2, 0.25) is 0 Å². The van der Waals surface area contributed by atoms with Crippen molar-refractivity contribution in [2.24, 2.45) is 23.2 Å². The van der Waals surface area contributed by atoms with Gasteiger partial charge in [-0.3, -0.25) is 9.69 Å². The highest BCUT2D eigenvalue weighted by Gasteiger charge is 2.68.